The van der Waals surface area contributed by atoms with Crippen LogP contribution < -0.4 is 10.1 Å². The Morgan fingerprint density at radius 3 is 1.97 bits per heavy atom. The SMILES string of the molecule is Cc1cc(OC(CC(C)(C)C)c2ccc(C(=O)NCCC=O)cc2)cc(C)c1-c1ccc(C(C)(C)C)cc1. The summed E-state index contributed by atoms with van der Waals surface area (Å²) in [4.78, 5) is 22.9. The second kappa shape index (κ2) is 12.0. The van der Waals surface area contributed by atoms with E-state index >= 15 is 0 Å². The highest BCUT2D eigenvalue weighted by Crippen LogP contribution is 2.37. The lowest BCUT2D eigenvalue weighted by Crippen LogP contribution is -2.24. The highest BCUT2D eigenvalue weighted by Gasteiger charge is 2.23. The molecule has 202 valence electrons. The molecule has 1 amide bonds. The lowest BCUT2D eigenvalue weighted by molar-refractivity contribution is -0.107. The minimum Gasteiger partial charge on any atom is -0.486 e. The van der Waals surface area contributed by atoms with E-state index in [-0.39, 0.29) is 22.8 Å². The molecule has 0 aromatic heterocycles. The number of hydrogen-bond donors (Lipinski definition) is 1. The molecule has 0 bridgehead atoms. The van der Waals surface area contributed by atoms with Gasteiger partial charge in [-0.15, -0.1) is 0 Å². The van der Waals surface area contributed by atoms with Gasteiger partial charge in [0.15, 0.2) is 0 Å². The predicted molar refractivity (Wildman–Crippen MR) is 157 cm³/mol. The number of aldehydes is 1. The highest BCUT2D eigenvalue weighted by atomic mass is 16.5. The summed E-state index contributed by atoms with van der Waals surface area (Å²) in [6, 6.07) is 20.7. The lowest BCUT2D eigenvalue weighted by Gasteiger charge is -2.28. The van der Waals surface area contributed by atoms with Crippen molar-refractivity contribution < 1.29 is 14.3 Å². The van der Waals surface area contributed by atoms with Crippen molar-refractivity contribution in [3.63, 3.8) is 0 Å². The number of amides is 1. The molecule has 1 atom stereocenters. The fourth-order valence-electron chi connectivity index (χ4n) is 4.73. The number of aryl methyl sites for hydroxylation is 2. The molecule has 1 unspecified atom stereocenters. The van der Waals surface area contributed by atoms with Gasteiger partial charge in [-0.05, 0) is 88.7 Å². The number of nitrogens with one attached hydrogen (secondary N) is 1. The third-order valence-corrected chi connectivity index (χ3v) is 6.71. The van der Waals surface area contributed by atoms with Gasteiger partial charge in [0.1, 0.15) is 18.1 Å². The van der Waals surface area contributed by atoms with E-state index in [0.717, 1.165) is 24.0 Å². The molecule has 3 rings (SSSR count). The third-order valence-electron chi connectivity index (χ3n) is 6.71. The second-order valence-electron chi connectivity index (χ2n) is 12.5. The van der Waals surface area contributed by atoms with Crippen LogP contribution in [0.25, 0.3) is 11.1 Å². The molecule has 1 N–H and O–H groups in total. The van der Waals surface area contributed by atoms with Crippen molar-refractivity contribution in [2.24, 2.45) is 5.41 Å². The summed E-state index contributed by atoms with van der Waals surface area (Å²) in [7, 11) is 0. The number of hydrogen-bond acceptors (Lipinski definition) is 3. The maximum absolute atomic E-state index is 12.4. The largest absolute Gasteiger partial charge is 0.486 e. The fourth-order valence-corrected chi connectivity index (χ4v) is 4.73. The Morgan fingerprint density at radius 1 is 0.895 bits per heavy atom. The van der Waals surface area contributed by atoms with E-state index in [9.17, 15) is 9.59 Å². The molecule has 38 heavy (non-hydrogen) atoms. The molecule has 0 fully saturated rings. The number of rotatable bonds is 9. The van der Waals surface area contributed by atoms with Gasteiger partial charge in [-0.1, -0.05) is 77.9 Å². The Hall–Kier alpha value is -3.40. The molecule has 0 aliphatic heterocycles. The van der Waals surface area contributed by atoms with Gasteiger partial charge in [0, 0.05) is 18.5 Å². The minimum absolute atomic E-state index is 0.0500. The van der Waals surface area contributed by atoms with E-state index in [1.165, 1.54) is 27.8 Å². The average Bonchev–Trinajstić information content (AvgIpc) is 2.82. The molecule has 0 aliphatic rings. The van der Waals surface area contributed by atoms with Crippen LogP contribution in [-0.2, 0) is 10.2 Å². The van der Waals surface area contributed by atoms with Crippen LogP contribution in [0.2, 0.25) is 0 Å². The molecule has 0 saturated carbocycles. The van der Waals surface area contributed by atoms with Crippen LogP contribution in [0, 0.1) is 19.3 Å². The first-order valence-corrected chi connectivity index (χ1v) is 13.5. The number of carbonyl (C=O) groups excluding carboxylic acids is 2. The maximum atomic E-state index is 12.4. The summed E-state index contributed by atoms with van der Waals surface area (Å²) in [5.41, 5.74) is 7.92. The average molecular weight is 514 g/mol. The molecule has 3 aromatic carbocycles. The Bertz CT molecular complexity index is 1220. The standard InChI is InChI=1S/C34H43NO3/c1-23-20-29(21-24(2)31(23)26-14-16-28(17-15-26)34(6,7)8)38-30(22-33(3,4)5)25-10-12-27(13-11-25)32(37)35-18-9-19-36/h10-17,19-21,30H,9,18,22H2,1-8H3,(H,35,37). The highest BCUT2D eigenvalue weighted by molar-refractivity contribution is 5.94. The van der Waals surface area contributed by atoms with Crippen molar-refractivity contribution in [3.8, 4) is 16.9 Å². The van der Waals surface area contributed by atoms with Gasteiger partial charge >= 0.3 is 0 Å². The zero-order chi connectivity index (χ0) is 28.1. The van der Waals surface area contributed by atoms with Crippen LogP contribution in [0.4, 0.5) is 0 Å². The first-order valence-electron chi connectivity index (χ1n) is 13.5. The monoisotopic (exact) mass is 513 g/mol. The minimum atomic E-state index is -0.177. The van der Waals surface area contributed by atoms with Crippen LogP contribution in [0.15, 0.2) is 60.7 Å². The summed E-state index contributed by atoms with van der Waals surface area (Å²) in [5, 5.41) is 2.77. The summed E-state index contributed by atoms with van der Waals surface area (Å²) in [6.07, 6.45) is 1.78. The van der Waals surface area contributed by atoms with Crippen LogP contribution in [0.5, 0.6) is 5.75 Å². The molecule has 0 heterocycles. The molecule has 0 aliphatic carbocycles. The van der Waals surface area contributed by atoms with Gasteiger partial charge in [-0.3, -0.25) is 4.79 Å². The molecule has 0 radical (unpaired) electrons. The van der Waals surface area contributed by atoms with E-state index in [1.807, 2.05) is 24.3 Å². The van der Waals surface area contributed by atoms with Gasteiger partial charge in [0.25, 0.3) is 5.91 Å². The van der Waals surface area contributed by atoms with Crippen LogP contribution in [-0.4, -0.2) is 18.7 Å². The molecular weight excluding hydrogens is 470 g/mol. The third kappa shape index (κ3) is 7.80. The van der Waals surface area contributed by atoms with Gasteiger partial charge in [0.05, 0.1) is 0 Å². The van der Waals surface area contributed by atoms with E-state index in [0.29, 0.717) is 18.5 Å². The predicted octanol–water partition coefficient (Wildman–Crippen LogP) is 8.14. The van der Waals surface area contributed by atoms with E-state index in [4.69, 9.17) is 4.74 Å². The summed E-state index contributed by atoms with van der Waals surface area (Å²) in [5.74, 6) is 0.670. The summed E-state index contributed by atoms with van der Waals surface area (Å²) in [6.45, 7) is 17.9. The normalized spacial score (nSPS) is 12.6. The number of benzene rings is 3. The molecular formula is C34H43NO3. The Morgan fingerprint density at radius 2 is 1.47 bits per heavy atom. The van der Waals surface area contributed by atoms with Crippen molar-refractivity contribution in [2.75, 3.05) is 6.54 Å². The zero-order valence-corrected chi connectivity index (χ0v) is 24.3. The Kier molecular flexibility index (Phi) is 9.19. The van der Waals surface area contributed by atoms with Gasteiger partial charge < -0.3 is 14.8 Å². The van der Waals surface area contributed by atoms with Crippen LogP contribution in [0.1, 0.15) is 93.1 Å². The zero-order valence-electron chi connectivity index (χ0n) is 24.3. The first kappa shape index (κ1) is 29.2. The summed E-state index contributed by atoms with van der Waals surface area (Å²) < 4.78 is 6.63. The molecule has 4 heteroatoms. The Balaban J connectivity index is 1.86. The van der Waals surface area contributed by atoms with Gasteiger partial charge in [-0.25, -0.2) is 0 Å². The molecule has 3 aromatic rings. The maximum Gasteiger partial charge on any atom is 0.251 e. The van der Waals surface area contributed by atoms with Crippen molar-refractivity contribution >= 4 is 12.2 Å². The topological polar surface area (TPSA) is 55.4 Å². The van der Waals surface area contributed by atoms with Crippen molar-refractivity contribution in [1.82, 2.24) is 5.32 Å². The molecule has 4 nitrogen and oxygen atoms in total. The summed E-state index contributed by atoms with van der Waals surface area (Å²) >= 11 is 0. The van der Waals surface area contributed by atoms with E-state index < -0.39 is 0 Å². The van der Waals surface area contributed by atoms with Crippen LogP contribution in [0.3, 0.4) is 0 Å². The Labute approximate surface area is 228 Å². The quantitative estimate of drug-likeness (QED) is 0.232. The lowest BCUT2D eigenvalue weighted by atomic mass is 9.85. The number of carbonyl (C=O) groups is 2. The van der Waals surface area contributed by atoms with E-state index in [2.05, 4.69) is 97.1 Å². The number of ether oxygens (including phenoxy) is 1. The van der Waals surface area contributed by atoms with Gasteiger partial charge in [0.2, 0.25) is 0 Å². The van der Waals surface area contributed by atoms with Gasteiger partial charge in [-0.2, -0.15) is 0 Å². The van der Waals surface area contributed by atoms with Crippen LogP contribution >= 0.6 is 0 Å². The van der Waals surface area contributed by atoms with Crippen molar-refractivity contribution in [1.29, 1.82) is 0 Å². The molecule has 0 saturated heterocycles. The second-order valence-corrected chi connectivity index (χ2v) is 12.5. The smallest absolute Gasteiger partial charge is 0.251 e. The van der Waals surface area contributed by atoms with E-state index in [1.54, 1.807) is 0 Å². The first-order chi connectivity index (χ1) is 17.8. The van der Waals surface area contributed by atoms with Crippen molar-refractivity contribution in [2.45, 2.75) is 79.8 Å². The van der Waals surface area contributed by atoms with Crippen molar-refractivity contribution in [3.05, 3.63) is 88.5 Å². The molecule has 0 spiro atoms. The fraction of sp³-hybridized carbons (Fsp3) is 0.412.